The first-order chi connectivity index (χ1) is 15.4. The molecule has 1 aliphatic rings. The molecule has 1 aliphatic heterocycles. The average Bonchev–Trinajstić information content (AvgIpc) is 3.41. The average molecular weight is 433 g/mol. The lowest BCUT2D eigenvalue weighted by Gasteiger charge is -2.11. The van der Waals surface area contributed by atoms with Gasteiger partial charge in [0.25, 0.3) is 5.56 Å². The van der Waals surface area contributed by atoms with Crippen molar-refractivity contribution in [3.63, 3.8) is 0 Å². The van der Waals surface area contributed by atoms with E-state index in [4.69, 9.17) is 10.5 Å². The van der Waals surface area contributed by atoms with Crippen molar-refractivity contribution >= 4 is 11.6 Å². The summed E-state index contributed by atoms with van der Waals surface area (Å²) in [6, 6.07) is 11.5. The van der Waals surface area contributed by atoms with Gasteiger partial charge in [-0.2, -0.15) is 4.68 Å². The van der Waals surface area contributed by atoms with Crippen LogP contribution in [0.25, 0.3) is 28.0 Å². The van der Waals surface area contributed by atoms with Gasteiger partial charge in [0.15, 0.2) is 0 Å². The van der Waals surface area contributed by atoms with Crippen LogP contribution in [0.4, 0.5) is 5.95 Å². The minimum atomic E-state index is -0.327. The molecule has 3 aromatic heterocycles. The van der Waals surface area contributed by atoms with Crippen molar-refractivity contribution < 1.29 is 9.72 Å². The molecule has 0 radical (unpaired) electrons. The van der Waals surface area contributed by atoms with Crippen LogP contribution < -0.4 is 22.0 Å². The monoisotopic (exact) mass is 433 g/mol. The van der Waals surface area contributed by atoms with E-state index in [1.54, 1.807) is 20.2 Å². The quantitative estimate of drug-likeness (QED) is 0.523. The molecule has 0 unspecified atom stereocenters. The molecule has 1 saturated heterocycles. The number of aromatic nitrogens is 5. The maximum atomic E-state index is 13.2. The fourth-order valence-corrected chi connectivity index (χ4v) is 4.35. The Labute approximate surface area is 183 Å². The molecule has 0 aliphatic carbocycles. The van der Waals surface area contributed by atoms with Crippen LogP contribution in [0.3, 0.4) is 0 Å². The zero-order valence-electron chi connectivity index (χ0n) is 18.0. The standard InChI is InChI=1S/C23H24N6O3/c1-14-11-16(12-27(2)21(14)30)18-19(15-7-4-3-5-8-15)25-22(24)29-20(18)26-28(23(29)31)13-17-9-6-10-32-17/h3-5,7-8,11-12,17H,6,9-10,13H2,1-2H3,(H2,24,25)/p+1/t17-/m1/s1. The molecule has 0 amide bonds. The maximum absolute atomic E-state index is 13.2. The molecule has 1 atom stereocenters. The highest BCUT2D eigenvalue weighted by molar-refractivity contribution is 5.88. The van der Waals surface area contributed by atoms with Crippen LogP contribution in [-0.2, 0) is 18.3 Å². The number of anilines is 1. The number of fused-ring (bicyclic) bond motifs is 1. The molecule has 0 spiro atoms. The first kappa shape index (κ1) is 20.2. The van der Waals surface area contributed by atoms with Gasteiger partial charge in [0.05, 0.1) is 18.2 Å². The number of benzene rings is 1. The molecule has 4 aromatic rings. The van der Waals surface area contributed by atoms with E-state index in [9.17, 15) is 9.59 Å². The fourth-order valence-electron chi connectivity index (χ4n) is 4.35. The van der Waals surface area contributed by atoms with Gasteiger partial charge in [0.2, 0.25) is 5.65 Å². The van der Waals surface area contributed by atoms with Crippen LogP contribution in [0.1, 0.15) is 18.4 Å². The number of aryl methyl sites for hydroxylation is 2. The van der Waals surface area contributed by atoms with Gasteiger partial charge in [-0.05, 0) is 25.8 Å². The van der Waals surface area contributed by atoms with Crippen molar-refractivity contribution in [1.82, 2.24) is 18.7 Å². The summed E-state index contributed by atoms with van der Waals surface area (Å²) in [5.41, 5.74) is 10.0. The number of aromatic amines is 1. The second-order valence-electron chi connectivity index (χ2n) is 8.21. The van der Waals surface area contributed by atoms with Crippen molar-refractivity contribution in [2.75, 3.05) is 12.3 Å². The Morgan fingerprint density at radius 1 is 1.22 bits per heavy atom. The van der Waals surface area contributed by atoms with Crippen molar-refractivity contribution in [2.45, 2.75) is 32.4 Å². The van der Waals surface area contributed by atoms with E-state index in [0.717, 1.165) is 29.7 Å². The number of nitrogens with one attached hydrogen (secondary N) is 1. The minimum absolute atomic E-state index is 0.0420. The van der Waals surface area contributed by atoms with Gasteiger partial charge < -0.3 is 9.30 Å². The summed E-state index contributed by atoms with van der Waals surface area (Å²) in [6.07, 6.45) is 3.58. The van der Waals surface area contributed by atoms with Crippen molar-refractivity contribution in [2.24, 2.45) is 7.05 Å². The first-order valence-corrected chi connectivity index (χ1v) is 10.6. The van der Waals surface area contributed by atoms with Gasteiger partial charge in [0.1, 0.15) is 5.69 Å². The second-order valence-corrected chi connectivity index (χ2v) is 8.21. The summed E-state index contributed by atoms with van der Waals surface area (Å²) >= 11 is 0. The third-order valence-electron chi connectivity index (χ3n) is 5.92. The predicted octanol–water partition coefficient (Wildman–Crippen LogP) is 1.41. The fraction of sp³-hybridized carbons (Fsp3) is 0.304. The van der Waals surface area contributed by atoms with Crippen molar-refractivity contribution in [3.8, 4) is 22.4 Å². The van der Waals surface area contributed by atoms with Gasteiger partial charge in [-0.25, -0.2) is 9.78 Å². The normalized spacial score (nSPS) is 16.1. The zero-order valence-corrected chi connectivity index (χ0v) is 18.0. The third kappa shape index (κ3) is 3.31. The van der Waals surface area contributed by atoms with Crippen LogP contribution in [0, 0.1) is 6.92 Å². The minimum Gasteiger partial charge on any atom is -0.376 e. The second kappa shape index (κ2) is 7.76. The van der Waals surface area contributed by atoms with E-state index in [1.165, 1.54) is 13.6 Å². The molecule has 1 fully saturated rings. The number of hydrogen-bond acceptors (Lipinski definition) is 5. The molecule has 32 heavy (non-hydrogen) atoms. The summed E-state index contributed by atoms with van der Waals surface area (Å²) in [5, 5.41) is 4.68. The van der Waals surface area contributed by atoms with Crippen LogP contribution in [0.5, 0.6) is 0 Å². The van der Waals surface area contributed by atoms with E-state index in [0.29, 0.717) is 29.9 Å². The van der Waals surface area contributed by atoms with Crippen molar-refractivity contribution in [1.29, 1.82) is 0 Å². The van der Waals surface area contributed by atoms with E-state index >= 15 is 0 Å². The molecule has 1 aromatic carbocycles. The Morgan fingerprint density at radius 3 is 2.69 bits per heavy atom. The smallest absolute Gasteiger partial charge is 0.376 e. The summed E-state index contributed by atoms with van der Waals surface area (Å²) in [6.45, 7) is 2.84. The largest absolute Gasteiger partial charge is 0.411 e. The Morgan fingerprint density at radius 2 is 2.00 bits per heavy atom. The lowest BCUT2D eigenvalue weighted by Crippen LogP contribution is -2.30. The Balaban J connectivity index is 1.83. The lowest BCUT2D eigenvalue weighted by atomic mass is 10.0. The number of H-pyrrole nitrogens is 1. The molecule has 9 heteroatoms. The van der Waals surface area contributed by atoms with Gasteiger partial charge in [-0.3, -0.25) is 10.5 Å². The Bertz CT molecular complexity index is 1400. The number of nitrogens with zero attached hydrogens (tertiary/aromatic N) is 4. The van der Waals surface area contributed by atoms with Crippen LogP contribution in [0.2, 0.25) is 0 Å². The Kier molecular flexibility index (Phi) is 4.90. The van der Waals surface area contributed by atoms with Gasteiger partial charge >= 0.3 is 11.6 Å². The molecular weight excluding hydrogens is 408 g/mol. The molecule has 5 rings (SSSR count). The van der Waals surface area contributed by atoms with Gasteiger partial charge in [-0.15, -0.1) is 9.50 Å². The summed E-state index contributed by atoms with van der Waals surface area (Å²) < 4.78 is 10.0. The van der Waals surface area contributed by atoms with Gasteiger partial charge in [-0.1, -0.05) is 30.3 Å². The topological polar surface area (TPSA) is 111 Å². The SMILES string of the molecule is Cc1cc(-c2c(-c3ccccc3)[nH+]c(N)n3c(=O)n(C[C@H]4CCCO4)nc23)cn(C)c1=O. The molecule has 164 valence electrons. The summed E-state index contributed by atoms with van der Waals surface area (Å²) in [5.74, 6) is 0.188. The van der Waals surface area contributed by atoms with Crippen LogP contribution >= 0.6 is 0 Å². The molecule has 0 bridgehead atoms. The number of ether oxygens (including phenoxy) is 1. The molecule has 4 heterocycles. The first-order valence-electron chi connectivity index (χ1n) is 10.6. The molecule has 0 saturated carbocycles. The van der Waals surface area contributed by atoms with Gasteiger partial charge in [0, 0.05) is 36.5 Å². The maximum Gasteiger partial charge on any atom is 0.411 e. The predicted molar refractivity (Wildman–Crippen MR) is 120 cm³/mol. The highest BCUT2D eigenvalue weighted by Crippen LogP contribution is 2.32. The molecule has 3 N–H and O–H groups in total. The number of rotatable bonds is 4. The third-order valence-corrected chi connectivity index (χ3v) is 5.92. The molecular formula is C23H25N6O3+. The highest BCUT2D eigenvalue weighted by Gasteiger charge is 2.27. The van der Waals surface area contributed by atoms with E-state index in [1.807, 2.05) is 36.4 Å². The van der Waals surface area contributed by atoms with E-state index in [2.05, 4.69) is 10.1 Å². The highest BCUT2D eigenvalue weighted by atomic mass is 16.5. The summed E-state index contributed by atoms with van der Waals surface area (Å²) in [4.78, 5) is 28.7. The van der Waals surface area contributed by atoms with E-state index < -0.39 is 0 Å². The number of hydrogen-bond donors (Lipinski definition) is 1. The van der Waals surface area contributed by atoms with Crippen LogP contribution in [-0.4, -0.2) is 31.5 Å². The lowest BCUT2D eigenvalue weighted by molar-refractivity contribution is -0.351. The number of nitrogen functional groups attached to an aromatic ring is 1. The van der Waals surface area contributed by atoms with E-state index in [-0.39, 0.29) is 23.3 Å². The number of nitrogens with two attached hydrogens (primary N) is 1. The molecule has 9 nitrogen and oxygen atoms in total. The Hall–Kier alpha value is -3.72. The van der Waals surface area contributed by atoms with Crippen molar-refractivity contribution in [3.05, 3.63) is 69.0 Å². The summed E-state index contributed by atoms with van der Waals surface area (Å²) in [7, 11) is 1.71. The zero-order chi connectivity index (χ0) is 22.4. The van der Waals surface area contributed by atoms with Crippen LogP contribution in [0.15, 0.2) is 52.2 Å². The number of pyridine rings is 1.